The third-order valence-corrected chi connectivity index (χ3v) is 5.36. The Hall–Kier alpha value is 0.939. The van der Waals surface area contributed by atoms with E-state index in [4.69, 9.17) is 23.2 Å². The number of fused-ring (bicyclic) bond motifs is 3. The van der Waals surface area contributed by atoms with Gasteiger partial charge in [0.2, 0.25) is 0 Å². The summed E-state index contributed by atoms with van der Waals surface area (Å²) in [5.74, 6) is 0. The molecule has 2 aliphatic heterocycles. The Balaban J connectivity index is 0.00000220. The molecule has 7 heteroatoms. The fourth-order valence-electron chi connectivity index (χ4n) is 2.91. The van der Waals surface area contributed by atoms with Gasteiger partial charge in [-0.3, -0.25) is 4.90 Å². The zero-order chi connectivity index (χ0) is 14.6. The zero-order valence-corrected chi connectivity index (χ0v) is 15.9. The summed E-state index contributed by atoms with van der Waals surface area (Å²) in [4.78, 5) is 9.54. The van der Waals surface area contributed by atoms with Gasteiger partial charge in [0, 0.05) is 69.3 Å². The molecule has 0 saturated carbocycles. The molecule has 2 bridgehead atoms. The number of rotatable bonds is 0. The molecule has 2 aliphatic rings. The van der Waals surface area contributed by atoms with Gasteiger partial charge in [-0.1, -0.05) is 23.2 Å². The van der Waals surface area contributed by atoms with Crippen molar-refractivity contribution in [3.63, 3.8) is 0 Å². The molecule has 125 valence electrons. The van der Waals surface area contributed by atoms with E-state index in [1.165, 1.54) is 13.0 Å². The van der Waals surface area contributed by atoms with Gasteiger partial charge in [-0.2, -0.15) is 0 Å². The molecule has 0 N–H and O–H groups in total. The molecule has 0 spiro atoms. The Labute approximate surface area is 150 Å². The molecule has 0 amide bonds. The molecule has 2 unspecified atom stereocenters. The van der Waals surface area contributed by atoms with E-state index in [-0.39, 0.29) is 17.1 Å². The largest absolute Gasteiger partial charge is 0.305 e. The molecule has 2 heterocycles. The summed E-state index contributed by atoms with van der Waals surface area (Å²) >= 11 is 13.3. The van der Waals surface area contributed by atoms with Gasteiger partial charge in [0.1, 0.15) is 0 Å². The van der Waals surface area contributed by atoms with Crippen molar-refractivity contribution in [3.8, 4) is 0 Å². The minimum absolute atomic E-state index is 0. The molecule has 2 rings (SSSR count). The first kappa shape index (κ1) is 20.0. The van der Waals surface area contributed by atoms with Gasteiger partial charge in [-0.25, -0.2) is 0 Å². The second-order valence-electron chi connectivity index (χ2n) is 6.20. The summed E-state index contributed by atoms with van der Waals surface area (Å²) in [6.07, 6.45) is 2.05. The minimum Gasteiger partial charge on any atom is -0.305 e. The van der Waals surface area contributed by atoms with Crippen LogP contribution in [0, 0.1) is 0 Å². The number of likely N-dealkylation sites (N-methyl/N-ethyl adjacent to an activating group) is 2. The van der Waals surface area contributed by atoms with Crippen molar-refractivity contribution < 1.29 is 17.1 Å². The maximum atomic E-state index is 6.63. The van der Waals surface area contributed by atoms with Crippen LogP contribution in [0.4, 0.5) is 0 Å². The number of halogens is 2. The minimum atomic E-state index is -0.739. The van der Waals surface area contributed by atoms with Gasteiger partial charge >= 0.3 is 0 Å². The second kappa shape index (κ2) is 9.29. The maximum absolute atomic E-state index is 6.63. The zero-order valence-electron chi connectivity index (χ0n) is 13.2. The van der Waals surface area contributed by atoms with Crippen molar-refractivity contribution in [3.05, 3.63) is 0 Å². The van der Waals surface area contributed by atoms with Crippen LogP contribution in [-0.2, 0) is 17.1 Å². The number of alkyl halides is 2. The summed E-state index contributed by atoms with van der Waals surface area (Å²) in [6.45, 7) is 9.53. The predicted molar refractivity (Wildman–Crippen MR) is 86.7 cm³/mol. The van der Waals surface area contributed by atoms with E-state index in [1.807, 2.05) is 0 Å². The van der Waals surface area contributed by atoms with Crippen molar-refractivity contribution in [2.24, 2.45) is 0 Å². The first-order valence-electron chi connectivity index (χ1n) is 7.70. The Morgan fingerprint density at radius 3 is 2.05 bits per heavy atom. The van der Waals surface area contributed by atoms with Crippen molar-refractivity contribution in [2.45, 2.75) is 17.3 Å². The van der Waals surface area contributed by atoms with Crippen LogP contribution >= 0.6 is 23.2 Å². The van der Waals surface area contributed by atoms with E-state index in [2.05, 4.69) is 33.7 Å². The Bertz CT molecular complexity index is 307. The van der Waals surface area contributed by atoms with Gasteiger partial charge in [-0.15, -0.1) is 0 Å². The molecule has 0 aromatic heterocycles. The molecule has 0 aliphatic carbocycles. The topological polar surface area (TPSA) is 13.0 Å². The van der Waals surface area contributed by atoms with Crippen molar-refractivity contribution in [1.29, 1.82) is 0 Å². The van der Waals surface area contributed by atoms with Crippen LogP contribution in [0.15, 0.2) is 0 Å². The molecular formula is C14H28Cl2MnN4. The molecule has 4 nitrogen and oxygen atoms in total. The maximum Gasteiger partial charge on any atom is 0.172 e. The summed E-state index contributed by atoms with van der Waals surface area (Å²) in [6, 6.07) is 0. The molecule has 2 atom stereocenters. The van der Waals surface area contributed by atoms with Crippen LogP contribution in [0.5, 0.6) is 0 Å². The summed E-state index contributed by atoms with van der Waals surface area (Å²) in [7, 11) is 4.35. The molecular weight excluding hydrogens is 350 g/mol. The van der Waals surface area contributed by atoms with Gasteiger partial charge in [-0.05, 0) is 33.6 Å². The molecule has 2 fully saturated rings. The average molecular weight is 378 g/mol. The Morgan fingerprint density at radius 1 is 0.714 bits per heavy atom. The second-order valence-corrected chi connectivity index (χ2v) is 7.65. The molecule has 1 radical (unpaired) electrons. The first-order valence-corrected chi connectivity index (χ1v) is 8.45. The van der Waals surface area contributed by atoms with Crippen LogP contribution in [0.25, 0.3) is 0 Å². The standard InChI is InChI=1S/C14H28Cl2N4.Mn/c1-17-5-3-6-19-10-8-18(2)7-4-14(15,16)20(12-9-17)13-11-19;/h3-13H2,1-2H3;. The molecule has 21 heavy (non-hydrogen) atoms. The van der Waals surface area contributed by atoms with Gasteiger partial charge in [0.05, 0.1) is 0 Å². The third kappa shape index (κ3) is 6.52. The molecule has 0 aromatic rings. The van der Waals surface area contributed by atoms with Crippen molar-refractivity contribution >= 4 is 23.2 Å². The Morgan fingerprint density at radius 2 is 1.29 bits per heavy atom. The quantitative estimate of drug-likeness (QED) is 0.359. The predicted octanol–water partition coefficient (Wildman–Crippen LogP) is 1.39. The van der Waals surface area contributed by atoms with E-state index in [9.17, 15) is 0 Å². The molecule has 2 saturated heterocycles. The first-order chi connectivity index (χ1) is 9.47. The van der Waals surface area contributed by atoms with Crippen LogP contribution in [0.1, 0.15) is 12.8 Å². The van der Waals surface area contributed by atoms with Crippen LogP contribution in [-0.4, -0.2) is 97.1 Å². The molecule has 0 aromatic carbocycles. The van der Waals surface area contributed by atoms with Gasteiger partial charge in [0.15, 0.2) is 4.46 Å². The average Bonchev–Trinajstić information content (AvgIpc) is 2.40. The van der Waals surface area contributed by atoms with Gasteiger partial charge in [0.25, 0.3) is 0 Å². The summed E-state index contributed by atoms with van der Waals surface area (Å²) in [5.41, 5.74) is 0. The van der Waals surface area contributed by atoms with E-state index in [0.717, 1.165) is 58.8 Å². The van der Waals surface area contributed by atoms with E-state index in [1.54, 1.807) is 0 Å². The Kier molecular flexibility index (Phi) is 8.84. The number of hydrogen-bond donors (Lipinski definition) is 0. The monoisotopic (exact) mass is 377 g/mol. The smallest absolute Gasteiger partial charge is 0.172 e. The van der Waals surface area contributed by atoms with E-state index < -0.39 is 4.46 Å². The van der Waals surface area contributed by atoms with Crippen molar-refractivity contribution in [2.75, 3.05) is 73.0 Å². The third-order valence-electron chi connectivity index (χ3n) is 4.51. The summed E-state index contributed by atoms with van der Waals surface area (Å²) < 4.78 is -0.739. The fourth-order valence-corrected chi connectivity index (χ4v) is 3.42. The number of nitrogens with zero attached hydrogens (tertiary/aromatic N) is 4. The van der Waals surface area contributed by atoms with E-state index in [0.29, 0.717) is 0 Å². The van der Waals surface area contributed by atoms with Crippen molar-refractivity contribution in [1.82, 2.24) is 19.6 Å². The SMILES string of the molecule is CN1CCCN2CCN(C)CCC(Cl)(Cl)N(CC1)CC2.[Mn]. The summed E-state index contributed by atoms with van der Waals surface area (Å²) in [5, 5.41) is 0. The number of hydrogen-bond acceptors (Lipinski definition) is 4. The normalized spacial score (nSPS) is 33.1. The van der Waals surface area contributed by atoms with Gasteiger partial charge < -0.3 is 14.7 Å². The van der Waals surface area contributed by atoms with E-state index >= 15 is 0 Å². The van der Waals surface area contributed by atoms with Crippen LogP contribution in [0.2, 0.25) is 0 Å². The van der Waals surface area contributed by atoms with Crippen LogP contribution in [0.3, 0.4) is 0 Å². The fraction of sp³-hybridized carbons (Fsp3) is 1.00. The van der Waals surface area contributed by atoms with Crippen LogP contribution < -0.4 is 0 Å².